The summed E-state index contributed by atoms with van der Waals surface area (Å²) in [5.41, 5.74) is 0. The highest BCUT2D eigenvalue weighted by atomic mass is 32.2. The van der Waals surface area contributed by atoms with Crippen molar-refractivity contribution < 1.29 is 8.42 Å². The Morgan fingerprint density at radius 2 is 2.35 bits per heavy atom. The molecule has 0 saturated heterocycles. The van der Waals surface area contributed by atoms with E-state index < -0.39 is 15.3 Å². The predicted octanol–water partition coefficient (Wildman–Crippen LogP) is -0.635. The van der Waals surface area contributed by atoms with E-state index >= 15 is 0 Å². The van der Waals surface area contributed by atoms with Gasteiger partial charge in [-0.2, -0.15) is 5.10 Å². The molecule has 0 radical (unpaired) electrons. The molecule has 0 amide bonds. The van der Waals surface area contributed by atoms with Crippen LogP contribution in [0.2, 0.25) is 0 Å². The molecule has 0 spiro atoms. The van der Waals surface area contributed by atoms with Crippen molar-refractivity contribution in [1.82, 2.24) is 25.2 Å². The van der Waals surface area contributed by atoms with Crippen LogP contribution in [0.3, 0.4) is 0 Å². The van der Waals surface area contributed by atoms with E-state index in [9.17, 15) is 8.42 Å². The normalized spacial score (nSPS) is 18.2. The molecule has 3 N–H and O–H groups in total. The van der Waals surface area contributed by atoms with Crippen molar-refractivity contribution >= 4 is 10.0 Å². The number of aromatic amines is 1. The summed E-state index contributed by atoms with van der Waals surface area (Å²) in [6, 6.07) is 0.516. The van der Waals surface area contributed by atoms with Crippen LogP contribution in [0, 0.1) is 0 Å². The largest absolute Gasteiger partial charge is 0.313 e. The van der Waals surface area contributed by atoms with Gasteiger partial charge in [-0.25, -0.2) is 18.1 Å². The van der Waals surface area contributed by atoms with Gasteiger partial charge in [0, 0.05) is 12.6 Å². The Hall–Kier alpha value is -0.990. The summed E-state index contributed by atoms with van der Waals surface area (Å²) in [7, 11) is -3.30. The first-order valence-electron chi connectivity index (χ1n) is 5.64. The van der Waals surface area contributed by atoms with Gasteiger partial charge in [0.15, 0.2) is 0 Å². The number of rotatable bonds is 7. The zero-order valence-electron chi connectivity index (χ0n) is 9.68. The molecule has 1 saturated carbocycles. The van der Waals surface area contributed by atoms with Gasteiger partial charge in [-0.3, -0.25) is 5.10 Å². The number of nitrogens with zero attached hydrogens (tertiary/aromatic N) is 2. The Balaban J connectivity index is 1.79. The molecule has 17 heavy (non-hydrogen) atoms. The predicted molar refractivity (Wildman–Crippen MR) is 62.6 cm³/mol. The van der Waals surface area contributed by atoms with Gasteiger partial charge in [0.2, 0.25) is 10.0 Å². The fraction of sp³-hybridized carbons (Fsp3) is 0.778. The van der Waals surface area contributed by atoms with E-state index in [1.807, 2.05) is 0 Å². The van der Waals surface area contributed by atoms with Crippen molar-refractivity contribution in [2.45, 2.75) is 37.6 Å². The Morgan fingerprint density at radius 1 is 1.59 bits per heavy atom. The Bertz CT molecular complexity index is 440. The minimum absolute atomic E-state index is 0.149. The topological polar surface area (TPSA) is 99.8 Å². The number of nitrogens with one attached hydrogen (secondary N) is 3. The highest BCUT2D eigenvalue weighted by Crippen LogP contribution is 2.18. The van der Waals surface area contributed by atoms with Gasteiger partial charge in [0.1, 0.15) is 12.2 Å². The zero-order chi connectivity index (χ0) is 12.3. The minimum atomic E-state index is -3.30. The van der Waals surface area contributed by atoms with Crippen molar-refractivity contribution in [2.75, 3.05) is 6.54 Å². The lowest BCUT2D eigenvalue weighted by Gasteiger charge is -2.13. The van der Waals surface area contributed by atoms with Crippen molar-refractivity contribution in [3.63, 3.8) is 0 Å². The van der Waals surface area contributed by atoms with Crippen molar-refractivity contribution in [3.8, 4) is 0 Å². The molecule has 96 valence electrons. The smallest absolute Gasteiger partial charge is 0.215 e. The van der Waals surface area contributed by atoms with E-state index in [1.165, 1.54) is 6.33 Å². The minimum Gasteiger partial charge on any atom is -0.313 e. The van der Waals surface area contributed by atoms with Crippen molar-refractivity contribution in [3.05, 3.63) is 12.2 Å². The number of aromatic nitrogens is 3. The lowest BCUT2D eigenvalue weighted by Crippen LogP contribution is -2.39. The molecular weight excluding hydrogens is 242 g/mol. The fourth-order valence-corrected chi connectivity index (χ4v) is 2.30. The molecule has 0 aromatic carbocycles. The van der Waals surface area contributed by atoms with E-state index in [-0.39, 0.29) is 6.54 Å². The number of hydrogen-bond acceptors (Lipinski definition) is 5. The SMILES string of the molecule is CC(CNC1CC1)S(=O)(=O)NCc1ncn[nH]1. The summed E-state index contributed by atoms with van der Waals surface area (Å²) in [4.78, 5) is 3.85. The van der Waals surface area contributed by atoms with E-state index in [2.05, 4.69) is 25.2 Å². The van der Waals surface area contributed by atoms with E-state index in [0.717, 1.165) is 12.8 Å². The maximum absolute atomic E-state index is 11.8. The Morgan fingerprint density at radius 3 is 2.94 bits per heavy atom. The van der Waals surface area contributed by atoms with Crippen LogP contribution in [-0.2, 0) is 16.6 Å². The maximum atomic E-state index is 11.8. The third-order valence-corrected chi connectivity index (χ3v) is 4.48. The summed E-state index contributed by atoms with van der Waals surface area (Å²) in [6.07, 6.45) is 3.65. The van der Waals surface area contributed by atoms with E-state index in [4.69, 9.17) is 0 Å². The van der Waals surface area contributed by atoms with Crippen LogP contribution in [0.15, 0.2) is 6.33 Å². The van der Waals surface area contributed by atoms with Gasteiger partial charge in [-0.05, 0) is 19.8 Å². The molecule has 8 heteroatoms. The van der Waals surface area contributed by atoms with Gasteiger partial charge < -0.3 is 5.32 Å². The standard InChI is InChI=1S/C9H17N5O2S/c1-7(4-10-8-2-3-8)17(15,16)13-5-9-11-6-12-14-9/h6-8,10,13H,2-5H2,1H3,(H,11,12,14). The molecule has 1 fully saturated rings. The molecule has 0 aliphatic heterocycles. The second kappa shape index (κ2) is 5.11. The van der Waals surface area contributed by atoms with Gasteiger partial charge in [0.05, 0.1) is 11.8 Å². The third-order valence-electron chi connectivity index (χ3n) is 2.71. The van der Waals surface area contributed by atoms with Crippen LogP contribution in [0.25, 0.3) is 0 Å². The average molecular weight is 259 g/mol. The van der Waals surface area contributed by atoms with Crippen LogP contribution in [0.1, 0.15) is 25.6 Å². The molecular formula is C9H17N5O2S. The molecule has 1 aliphatic rings. The number of hydrogen-bond donors (Lipinski definition) is 3. The van der Waals surface area contributed by atoms with Gasteiger partial charge in [-0.15, -0.1) is 0 Å². The highest BCUT2D eigenvalue weighted by molar-refractivity contribution is 7.90. The lowest BCUT2D eigenvalue weighted by molar-refractivity contribution is 0.555. The molecule has 1 unspecified atom stereocenters. The first-order valence-corrected chi connectivity index (χ1v) is 7.18. The first kappa shape index (κ1) is 12.5. The van der Waals surface area contributed by atoms with Crippen LogP contribution in [-0.4, -0.2) is 41.4 Å². The molecule has 1 aromatic rings. The van der Waals surface area contributed by atoms with Crippen molar-refractivity contribution in [2.24, 2.45) is 0 Å². The monoisotopic (exact) mass is 259 g/mol. The van der Waals surface area contributed by atoms with E-state index in [0.29, 0.717) is 18.4 Å². The summed E-state index contributed by atoms with van der Waals surface area (Å²) < 4.78 is 26.2. The fourth-order valence-electron chi connectivity index (χ4n) is 1.36. The quantitative estimate of drug-likeness (QED) is 0.605. The van der Waals surface area contributed by atoms with Crippen LogP contribution < -0.4 is 10.0 Å². The molecule has 7 nitrogen and oxygen atoms in total. The van der Waals surface area contributed by atoms with Gasteiger partial charge in [0.25, 0.3) is 0 Å². The summed E-state index contributed by atoms with van der Waals surface area (Å²) in [6.45, 7) is 2.32. The molecule has 0 bridgehead atoms. The Labute approximate surface area is 100 Å². The summed E-state index contributed by atoms with van der Waals surface area (Å²) in [5.74, 6) is 0.510. The van der Waals surface area contributed by atoms with Crippen LogP contribution in [0.4, 0.5) is 0 Å². The van der Waals surface area contributed by atoms with Crippen LogP contribution in [0.5, 0.6) is 0 Å². The highest BCUT2D eigenvalue weighted by Gasteiger charge is 2.25. The first-order chi connectivity index (χ1) is 8.08. The third kappa shape index (κ3) is 3.76. The van der Waals surface area contributed by atoms with Gasteiger partial charge in [-0.1, -0.05) is 0 Å². The maximum Gasteiger partial charge on any atom is 0.215 e. The second-order valence-electron chi connectivity index (χ2n) is 4.29. The zero-order valence-corrected chi connectivity index (χ0v) is 10.5. The molecule has 1 atom stereocenters. The van der Waals surface area contributed by atoms with Gasteiger partial charge >= 0.3 is 0 Å². The summed E-state index contributed by atoms with van der Waals surface area (Å²) in [5, 5.41) is 9.01. The second-order valence-corrected chi connectivity index (χ2v) is 6.47. The number of sulfonamides is 1. The lowest BCUT2D eigenvalue weighted by atomic mass is 10.4. The molecule has 1 aliphatic carbocycles. The summed E-state index contributed by atoms with van der Waals surface area (Å²) >= 11 is 0. The number of H-pyrrole nitrogens is 1. The van der Waals surface area contributed by atoms with E-state index in [1.54, 1.807) is 6.92 Å². The average Bonchev–Trinajstić information content (AvgIpc) is 2.97. The molecule has 2 rings (SSSR count). The van der Waals surface area contributed by atoms with Crippen LogP contribution >= 0.6 is 0 Å². The van der Waals surface area contributed by atoms with Crippen molar-refractivity contribution in [1.29, 1.82) is 0 Å². The molecule has 1 aromatic heterocycles. The Kier molecular flexibility index (Phi) is 3.75. The molecule has 1 heterocycles.